The number of nitrogens with one attached hydrogen (secondary N) is 1. The van der Waals surface area contributed by atoms with Crippen molar-refractivity contribution >= 4 is 11.9 Å². The Morgan fingerprint density at radius 2 is 1.87 bits per heavy atom. The number of phenolic OH excluding ortho intramolecular Hbond substituents is 1. The number of amides is 1. The maximum atomic E-state index is 12.2. The van der Waals surface area contributed by atoms with Gasteiger partial charge in [-0.25, -0.2) is 4.79 Å². The van der Waals surface area contributed by atoms with Gasteiger partial charge in [0.2, 0.25) is 0 Å². The second kappa shape index (κ2) is 7.45. The van der Waals surface area contributed by atoms with Crippen molar-refractivity contribution in [2.75, 3.05) is 7.11 Å². The summed E-state index contributed by atoms with van der Waals surface area (Å²) in [6, 6.07) is 12.9. The summed E-state index contributed by atoms with van der Waals surface area (Å²) < 4.78 is 4.77. The molecule has 0 saturated heterocycles. The van der Waals surface area contributed by atoms with Gasteiger partial charge >= 0.3 is 5.97 Å². The number of carbonyl (C=O) groups excluding carboxylic acids is 2. The molecule has 0 spiro atoms. The third kappa shape index (κ3) is 4.57. The molecule has 5 heteroatoms. The van der Waals surface area contributed by atoms with E-state index < -0.39 is 17.9 Å². The van der Waals surface area contributed by atoms with E-state index in [-0.39, 0.29) is 11.3 Å². The highest BCUT2D eigenvalue weighted by atomic mass is 16.5. The average Bonchev–Trinajstić information content (AvgIpc) is 2.55. The maximum Gasteiger partial charge on any atom is 0.328 e. The topological polar surface area (TPSA) is 75.6 Å². The van der Waals surface area contributed by atoms with E-state index in [1.54, 1.807) is 12.1 Å². The minimum atomic E-state index is -0.794. The molecule has 2 aromatic rings. The lowest BCUT2D eigenvalue weighted by Crippen LogP contribution is -2.43. The number of rotatable bonds is 5. The van der Waals surface area contributed by atoms with Gasteiger partial charge in [0.15, 0.2) is 0 Å². The Morgan fingerprint density at radius 3 is 2.48 bits per heavy atom. The first-order valence-electron chi connectivity index (χ1n) is 7.23. The van der Waals surface area contributed by atoms with Crippen molar-refractivity contribution in [2.24, 2.45) is 0 Å². The fourth-order valence-corrected chi connectivity index (χ4v) is 2.18. The van der Waals surface area contributed by atoms with Crippen LogP contribution in [0.5, 0.6) is 5.75 Å². The van der Waals surface area contributed by atoms with Crippen molar-refractivity contribution in [1.82, 2.24) is 5.32 Å². The Kier molecular flexibility index (Phi) is 5.36. The SMILES string of the molecule is COC(=O)[C@H](Cc1ccc(C)cc1)NC(=O)c1cccc(O)c1. The Bertz CT molecular complexity index is 694. The van der Waals surface area contributed by atoms with Gasteiger partial charge in [-0.05, 0) is 30.7 Å². The smallest absolute Gasteiger partial charge is 0.328 e. The number of aromatic hydroxyl groups is 1. The van der Waals surface area contributed by atoms with E-state index in [0.29, 0.717) is 6.42 Å². The highest BCUT2D eigenvalue weighted by Gasteiger charge is 2.22. The van der Waals surface area contributed by atoms with E-state index in [9.17, 15) is 14.7 Å². The van der Waals surface area contributed by atoms with Crippen molar-refractivity contribution in [3.05, 3.63) is 65.2 Å². The molecule has 1 atom stereocenters. The average molecular weight is 313 g/mol. The molecule has 0 radical (unpaired) electrons. The monoisotopic (exact) mass is 313 g/mol. The lowest BCUT2D eigenvalue weighted by Gasteiger charge is -2.17. The number of benzene rings is 2. The van der Waals surface area contributed by atoms with E-state index in [1.807, 2.05) is 31.2 Å². The summed E-state index contributed by atoms with van der Waals surface area (Å²) >= 11 is 0. The first-order valence-corrected chi connectivity index (χ1v) is 7.23. The van der Waals surface area contributed by atoms with Crippen molar-refractivity contribution in [3.63, 3.8) is 0 Å². The second-order valence-electron chi connectivity index (χ2n) is 5.29. The number of ether oxygens (including phenoxy) is 1. The molecule has 0 aromatic heterocycles. The van der Waals surface area contributed by atoms with E-state index in [4.69, 9.17) is 4.74 Å². The molecular weight excluding hydrogens is 294 g/mol. The first kappa shape index (κ1) is 16.5. The fraction of sp³-hybridized carbons (Fsp3) is 0.222. The zero-order valence-electron chi connectivity index (χ0n) is 13.1. The Labute approximate surface area is 134 Å². The van der Waals surface area contributed by atoms with Crippen LogP contribution in [0.1, 0.15) is 21.5 Å². The van der Waals surface area contributed by atoms with Crippen LogP contribution in [0.3, 0.4) is 0 Å². The molecule has 0 aliphatic carbocycles. The van der Waals surface area contributed by atoms with Crippen LogP contribution in [-0.2, 0) is 16.0 Å². The number of hydrogen-bond acceptors (Lipinski definition) is 4. The molecule has 0 bridgehead atoms. The predicted octanol–water partition coefficient (Wildman–Crippen LogP) is 2.21. The van der Waals surface area contributed by atoms with Gasteiger partial charge in [-0.1, -0.05) is 35.9 Å². The minimum Gasteiger partial charge on any atom is -0.508 e. The van der Waals surface area contributed by atoms with Crippen molar-refractivity contribution < 1.29 is 19.4 Å². The van der Waals surface area contributed by atoms with E-state index in [1.165, 1.54) is 19.2 Å². The van der Waals surface area contributed by atoms with Crippen molar-refractivity contribution in [1.29, 1.82) is 0 Å². The third-order valence-corrected chi connectivity index (χ3v) is 3.46. The number of aryl methyl sites for hydroxylation is 1. The van der Waals surface area contributed by atoms with E-state index in [0.717, 1.165) is 11.1 Å². The Morgan fingerprint density at radius 1 is 1.17 bits per heavy atom. The molecule has 2 rings (SSSR count). The van der Waals surface area contributed by atoms with Gasteiger partial charge in [0.1, 0.15) is 11.8 Å². The molecule has 23 heavy (non-hydrogen) atoms. The maximum absolute atomic E-state index is 12.2. The summed E-state index contributed by atoms with van der Waals surface area (Å²) in [7, 11) is 1.28. The lowest BCUT2D eigenvalue weighted by molar-refractivity contribution is -0.142. The number of carbonyl (C=O) groups is 2. The molecule has 0 fully saturated rings. The van der Waals surface area contributed by atoms with Crippen LogP contribution < -0.4 is 5.32 Å². The molecule has 2 N–H and O–H groups in total. The van der Waals surface area contributed by atoms with Crippen LogP contribution in [0, 0.1) is 6.92 Å². The molecule has 5 nitrogen and oxygen atoms in total. The van der Waals surface area contributed by atoms with Crippen LogP contribution in [0.25, 0.3) is 0 Å². The lowest BCUT2D eigenvalue weighted by atomic mass is 10.0. The first-order chi connectivity index (χ1) is 11.0. The Hall–Kier alpha value is -2.82. The summed E-state index contributed by atoms with van der Waals surface area (Å²) in [5.41, 5.74) is 2.32. The summed E-state index contributed by atoms with van der Waals surface area (Å²) in [5, 5.41) is 12.1. The van der Waals surface area contributed by atoms with E-state index in [2.05, 4.69) is 5.32 Å². The Balaban J connectivity index is 2.13. The molecule has 1 amide bonds. The number of phenols is 1. The third-order valence-electron chi connectivity index (χ3n) is 3.46. The van der Waals surface area contributed by atoms with Gasteiger partial charge < -0.3 is 15.2 Å². The standard InChI is InChI=1S/C18H19NO4/c1-12-6-8-13(9-7-12)10-16(18(22)23-2)19-17(21)14-4-3-5-15(20)11-14/h3-9,11,16,20H,10H2,1-2H3,(H,19,21)/t16-/m0/s1. The van der Waals surface area contributed by atoms with Gasteiger partial charge in [0.25, 0.3) is 5.91 Å². The minimum absolute atomic E-state index is 0.00852. The van der Waals surface area contributed by atoms with Crippen LogP contribution in [0.15, 0.2) is 48.5 Å². The fourth-order valence-electron chi connectivity index (χ4n) is 2.18. The molecular formula is C18H19NO4. The number of methoxy groups -OCH3 is 1. The highest BCUT2D eigenvalue weighted by Crippen LogP contribution is 2.12. The van der Waals surface area contributed by atoms with Crippen LogP contribution >= 0.6 is 0 Å². The quantitative estimate of drug-likeness (QED) is 0.830. The molecule has 0 unspecified atom stereocenters. The molecule has 0 saturated carbocycles. The molecule has 0 heterocycles. The normalized spacial score (nSPS) is 11.6. The summed E-state index contributed by atoms with van der Waals surface area (Å²) in [4.78, 5) is 24.2. The second-order valence-corrected chi connectivity index (χ2v) is 5.29. The van der Waals surface area contributed by atoms with Gasteiger partial charge in [-0.2, -0.15) is 0 Å². The highest BCUT2D eigenvalue weighted by molar-refractivity contribution is 5.97. The van der Waals surface area contributed by atoms with Gasteiger partial charge in [-0.15, -0.1) is 0 Å². The van der Waals surface area contributed by atoms with Gasteiger partial charge in [-0.3, -0.25) is 4.79 Å². The summed E-state index contributed by atoms with van der Waals surface area (Å²) in [6.07, 6.45) is 0.331. The van der Waals surface area contributed by atoms with Crippen LogP contribution in [0.4, 0.5) is 0 Å². The van der Waals surface area contributed by atoms with Gasteiger partial charge in [0.05, 0.1) is 7.11 Å². The zero-order valence-corrected chi connectivity index (χ0v) is 13.1. The van der Waals surface area contributed by atoms with Crippen molar-refractivity contribution in [2.45, 2.75) is 19.4 Å². The number of hydrogen-bond donors (Lipinski definition) is 2. The summed E-state index contributed by atoms with van der Waals surface area (Å²) in [5.74, 6) is -0.965. The molecule has 120 valence electrons. The van der Waals surface area contributed by atoms with Crippen molar-refractivity contribution in [3.8, 4) is 5.75 Å². The zero-order chi connectivity index (χ0) is 16.8. The largest absolute Gasteiger partial charge is 0.508 e. The predicted molar refractivity (Wildman–Crippen MR) is 86.3 cm³/mol. The van der Waals surface area contributed by atoms with Crippen LogP contribution in [-0.4, -0.2) is 30.1 Å². The van der Waals surface area contributed by atoms with Gasteiger partial charge in [0, 0.05) is 12.0 Å². The molecule has 2 aromatic carbocycles. The molecule has 0 aliphatic rings. The number of esters is 1. The molecule has 0 aliphatic heterocycles. The van der Waals surface area contributed by atoms with Crippen LogP contribution in [0.2, 0.25) is 0 Å². The summed E-state index contributed by atoms with van der Waals surface area (Å²) in [6.45, 7) is 1.98. The van der Waals surface area contributed by atoms with E-state index >= 15 is 0 Å².